The van der Waals surface area contributed by atoms with Gasteiger partial charge < -0.3 is 0 Å². The van der Waals surface area contributed by atoms with Gasteiger partial charge in [0.15, 0.2) is 5.69 Å². The number of pyridine rings is 1. The quantitative estimate of drug-likeness (QED) is 0.699. The van der Waals surface area contributed by atoms with Crippen molar-refractivity contribution < 1.29 is 0 Å². The largest absolute Gasteiger partial charge is 0.261 e. The molecule has 1 aromatic heterocycles. The second-order valence-corrected chi connectivity index (χ2v) is 4.16. The van der Waals surface area contributed by atoms with Crippen LogP contribution in [0.1, 0.15) is 29.7 Å². The minimum Gasteiger partial charge on any atom is -0.261 e. The van der Waals surface area contributed by atoms with E-state index in [1.807, 2.05) is 43.5 Å². The van der Waals surface area contributed by atoms with Gasteiger partial charge in [-0.3, -0.25) is 4.98 Å². The summed E-state index contributed by atoms with van der Waals surface area (Å²) in [5, 5.41) is 0. The third-order valence-corrected chi connectivity index (χ3v) is 2.96. The third kappa shape index (κ3) is 2.51. The molecule has 0 N–H and O–H groups in total. The Morgan fingerprint density at radius 1 is 1.06 bits per heavy atom. The summed E-state index contributed by atoms with van der Waals surface area (Å²) in [7, 11) is 0. The van der Waals surface area contributed by atoms with Crippen LogP contribution in [0, 0.1) is 13.5 Å². The number of hydrogen-bond acceptors (Lipinski definition) is 1. The van der Waals surface area contributed by atoms with Crippen LogP contribution in [-0.2, 0) is 0 Å². The first-order valence-electron chi connectivity index (χ1n) is 5.60. The lowest BCUT2D eigenvalue weighted by Crippen LogP contribution is -1.96. The lowest BCUT2D eigenvalue weighted by atomic mass is 9.94. The molecule has 0 bridgehead atoms. The maximum Gasteiger partial charge on any atom is 0.187 e. The molecular weight excluding hydrogens is 208 g/mol. The topological polar surface area (TPSA) is 17.2 Å². The van der Waals surface area contributed by atoms with Gasteiger partial charge in [-0.05, 0) is 24.1 Å². The van der Waals surface area contributed by atoms with Gasteiger partial charge in [-0.15, -0.1) is 0 Å². The van der Waals surface area contributed by atoms with Crippen molar-refractivity contribution in [2.45, 2.75) is 19.8 Å². The second kappa shape index (κ2) is 4.80. The van der Waals surface area contributed by atoms with Crippen LogP contribution in [-0.4, -0.2) is 4.98 Å². The predicted molar refractivity (Wildman–Crippen MR) is 69.2 cm³/mol. The molecule has 0 spiro atoms. The Balaban J connectivity index is 2.27. The first kappa shape index (κ1) is 11.3. The Morgan fingerprint density at radius 3 is 2.24 bits per heavy atom. The number of aryl methyl sites for hydroxylation is 1. The number of nitrogens with zero attached hydrogens (tertiary/aromatic N) is 2. The molecule has 2 nitrogen and oxygen atoms in total. The fourth-order valence-corrected chi connectivity index (χ4v) is 1.77. The zero-order chi connectivity index (χ0) is 12.3. The highest BCUT2D eigenvalue weighted by atomic mass is 14.7. The van der Waals surface area contributed by atoms with Crippen molar-refractivity contribution in [3.05, 3.63) is 70.8 Å². The molecule has 0 aliphatic rings. The summed E-state index contributed by atoms with van der Waals surface area (Å²) < 4.78 is 0. The first-order valence-corrected chi connectivity index (χ1v) is 5.60. The average Bonchev–Trinajstić information content (AvgIpc) is 2.39. The van der Waals surface area contributed by atoms with Crippen molar-refractivity contribution in [2.24, 2.45) is 0 Å². The van der Waals surface area contributed by atoms with Crippen LogP contribution < -0.4 is 0 Å². The third-order valence-electron chi connectivity index (χ3n) is 2.96. The minimum absolute atomic E-state index is 0.308. The SMILES string of the molecule is [C-]#[N+]c1ccc(C(C)c2ccc(C)nc2)cc1. The molecule has 17 heavy (non-hydrogen) atoms. The number of hydrogen-bond donors (Lipinski definition) is 0. The summed E-state index contributed by atoms with van der Waals surface area (Å²) in [6.45, 7) is 11.1. The molecule has 1 atom stereocenters. The van der Waals surface area contributed by atoms with Gasteiger partial charge in [0.2, 0.25) is 0 Å². The van der Waals surface area contributed by atoms with E-state index in [1.54, 1.807) is 0 Å². The van der Waals surface area contributed by atoms with Gasteiger partial charge in [-0.1, -0.05) is 37.3 Å². The van der Waals surface area contributed by atoms with E-state index >= 15 is 0 Å². The van der Waals surface area contributed by atoms with Gasteiger partial charge in [-0.25, -0.2) is 4.85 Å². The van der Waals surface area contributed by atoms with E-state index in [0.29, 0.717) is 11.6 Å². The Bertz CT molecular complexity index is 533. The molecule has 2 rings (SSSR count). The zero-order valence-corrected chi connectivity index (χ0v) is 10.0. The van der Waals surface area contributed by atoms with Crippen molar-refractivity contribution >= 4 is 5.69 Å². The molecule has 2 aromatic rings. The predicted octanol–water partition coefficient (Wildman–Crippen LogP) is 4.09. The normalized spacial score (nSPS) is 11.8. The van der Waals surface area contributed by atoms with Crippen molar-refractivity contribution in [1.82, 2.24) is 4.98 Å². The molecule has 0 saturated heterocycles. The van der Waals surface area contributed by atoms with Crippen molar-refractivity contribution in [2.75, 3.05) is 0 Å². The molecule has 0 radical (unpaired) electrons. The molecule has 1 heterocycles. The van der Waals surface area contributed by atoms with Crippen LogP contribution in [0.25, 0.3) is 4.85 Å². The minimum atomic E-state index is 0.308. The molecule has 0 saturated carbocycles. The molecule has 1 aromatic carbocycles. The van der Waals surface area contributed by atoms with E-state index in [4.69, 9.17) is 6.57 Å². The van der Waals surface area contributed by atoms with E-state index in [0.717, 1.165) is 5.69 Å². The monoisotopic (exact) mass is 222 g/mol. The first-order chi connectivity index (χ1) is 8.20. The fourth-order valence-electron chi connectivity index (χ4n) is 1.77. The van der Waals surface area contributed by atoms with Crippen molar-refractivity contribution in [1.29, 1.82) is 0 Å². The van der Waals surface area contributed by atoms with Crippen LogP contribution in [0.5, 0.6) is 0 Å². The van der Waals surface area contributed by atoms with Crippen LogP contribution in [0.4, 0.5) is 5.69 Å². The van der Waals surface area contributed by atoms with Gasteiger partial charge in [0.1, 0.15) is 0 Å². The van der Waals surface area contributed by atoms with E-state index in [-0.39, 0.29) is 0 Å². The number of benzene rings is 1. The molecule has 0 amide bonds. The van der Waals surface area contributed by atoms with Crippen LogP contribution >= 0.6 is 0 Å². The number of aromatic nitrogens is 1. The molecule has 0 fully saturated rings. The lowest BCUT2D eigenvalue weighted by molar-refractivity contribution is 0.907. The van der Waals surface area contributed by atoms with E-state index < -0.39 is 0 Å². The maximum absolute atomic E-state index is 6.92. The number of rotatable bonds is 2. The van der Waals surface area contributed by atoms with E-state index in [9.17, 15) is 0 Å². The maximum atomic E-state index is 6.92. The lowest BCUT2D eigenvalue weighted by Gasteiger charge is -2.12. The average molecular weight is 222 g/mol. The molecule has 2 heteroatoms. The summed E-state index contributed by atoms with van der Waals surface area (Å²) in [5.74, 6) is 0.308. The van der Waals surface area contributed by atoms with E-state index in [1.165, 1.54) is 11.1 Å². The van der Waals surface area contributed by atoms with E-state index in [2.05, 4.69) is 22.8 Å². The molecule has 0 aliphatic carbocycles. The highest BCUT2D eigenvalue weighted by Crippen LogP contribution is 2.25. The van der Waals surface area contributed by atoms with Crippen LogP contribution in [0.3, 0.4) is 0 Å². The van der Waals surface area contributed by atoms with Gasteiger partial charge in [0, 0.05) is 17.8 Å². The summed E-state index contributed by atoms with van der Waals surface area (Å²) in [4.78, 5) is 7.70. The van der Waals surface area contributed by atoms with Gasteiger partial charge in [0.05, 0.1) is 6.57 Å². The zero-order valence-electron chi connectivity index (χ0n) is 10.0. The summed E-state index contributed by atoms with van der Waals surface area (Å²) in [6.07, 6.45) is 1.92. The molecule has 0 aliphatic heterocycles. The molecular formula is C15H14N2. The highest BCUT2D eigenvalue weighted by Gasteiger charge is 2.08. The Hall–Kier alpha value is -2.14. The van der Waals surface area contributed by atoms with Gasteiger partial charge in [-0.2, -0.15) is 0 Å². The smallest absolute Gasteiger partial charge is 0.187 e. The fraction of sp³-hybridized carbons (Fsp3) is 0.200. The van der Waals surface area contributed by atoms with Gasteiger partial charge >= 0.3 is 0 Å². The summed E-state index contributed by atoms with van der Waals surface area (Å²) in [5.41, 5.74) is 4.13. The van der Waals surface area contributed by atoms with Gasteiger partial charge in [0.25, 0.3) is 0 Å². The van der Waals surface area contributed by atoms with Crippen LogP contribution in [0.2, 0.25) is 0 Å². The van der Waals surface area contributed by atoms with Crippen LogP contribution in [0.15, 0.2) is 42.6 Å². The van der Waals surface area contributed by atoms with Crippen molar-refractivity contribution in [3.8, 4) is 0 Å². The Labute approximate surface area is 102 Å². The highest BCUT2D eigenvalue weighted by molar-refractivity contribution is 5.47. The molecule has 1 unspecified atom stereocenters. The Kier molecular flexibility index (Phi) is 3.20. The standard InChI is InChI=1S/C15H14N2/c1-11-4-5-14(10-17-11)12(2)13-6-8-15(16-3)9-7-13/h4-10,12H,1-2H3. The molecule has 84 valence electrons. The Morgan fingerprint density at radius 2 is 1.71 bits per heavy atom. The second-order valence-electron chi connectivity index (χ2n) is 4.16. The summed E-state index contributed by atoms with van der Waals surface area (Å²) in [6, 6.07) is 11.9. The summed E-state index contributed by atoms with van der Waals surface area (Å²) >= 11 is 0. The van der Waals surface area contributed by atoms with Crippen molar-refractivity contribution in [3.63, 3.8) is 0 Å².